The molecule has 3 aromatic rings. The number of aromatic nitrogens is 2. The van der Waals surface area contributed by atoms with Crippen LogP contribution in [0.2, 0.25) is 0 Å². The maximum Gasteiger partial charge on any atom is 0.332 e. The van der Waals surface area contributed by atoms with E-state index in [0.717, 1.165) is 25.2 Å². The number of benzene rings is 2. The summed E-state index contributed by atoms with van der Waals surface area (Å²) >= 11 is 0. The molecule has 0 unspecified atom stereocenters. The molecule has 2 heterocycles. The summed E-state index contributed by atoms with van der Waals surface area (Å²) in [5, 5.41) is 0.445. The Kier molecular flexibility index (Phi) is 5.81. The van der Waals surface area contributed by atoms with Gasteiger partial charge in [-0.1, -0.05) is 42.5 Å². The van der Waals surface area contributed by atoms with Crippen molar-refractivity contribution in [2.45, 2.75) is 20.0 Å². The Bertz CT molecular complexity index is 1160. The number of nitrogens with one attached hydrogen (secondary N) is 1. The van der Waals surface area contributed by atoms with Crippen molar-refractivity contribution in [1.29, 1.82) is 0 Å². The van der Waals surface area contributed by atoms with Gasteiger partial charge in [-0.05, 0) is 24.6 Å². The van der Waals surface area contributed by atoms with Gasteiger partial charge in [-0.3, -0.25) is 18.7 Å². The number of hydrogen-bond acceptors (Lipinski definition) is 3. The van der Waals surface area contributed by atoms with Crippen LogP contribution in [0.15, 0.2) is 64.2 Å². The van der Waals surface area contributed by atoms with Crippen LogP contribution >= 0.6 is 0 Å². The van der Waals surface area contributed by atoms with Gasteiger partial charge < -0.3 is 9.80 Å². The standard InChI is InChI=1S/C23H26N4O3/c1-2-24-12-14-25(15-13-24)21(28)17-26-20-11-7-6-10-19(20)22(29)27(23(26)30)16-18-8-4-3-5-9-18/h3-11H,2,12-17H2,1H3/p+1. The Morgan fingerprint density at radius 3 is 2.30 bits per heavy atom. The molecule has 7 heteroatoms. The molecule has 1 fully saturated rings. The molecule has 1 N–H and O–H groups in total. The molecule has 4 rings (SSSR count). The summed E-state index contributed by atoms with van der Waals surface area (Å²) in [5.74, 6) is -0.0812. The highest BCUT2D eigenvalue weighted by atomic mass is 16.2. The van der Waals surface area contributed by atoms with E-state index in [9.17, 15) is 14.4 Å². The predicted octanol–water partition coefficient (Wildman–Crippen LogP) is -0.0415. The summed E-state index contributed by atoms with van der Waals surface area (Å²) < 4.78 is 2.67. The first-order valence-electron chi connectivity index (χ1n) is 10.5. The Labute approximate surface area is 174 Å². The number of carbonyl (C=O) groups is 1. The maximum atomic E-state index is 13.3. The summed E-state index contributed by atoms with van der Waals surface area (Å²) in [6.07, 6.45) is 0. The molecule has 2 aromatic carbocycles. The Hall–Kier alpha value is -3.19. The van der Waals surface area contributed by atoms with Crippen LogP contribution in [0.1, 0.15) is 12.5 Å². The van der Waals surface area contributed by atoms with Crippen molar-refractivity contribution in [3.63, 3.8) is 0 Å². The van der Waals surface area contributed by atoms with Gasteiger partial charge in [-0.2, -0.15) is 0 Å². The number of nitrogens with zero attached hydrogens (tertiary/aromatic N) is 3. The second kappa shape index (κ2) is 8.67. The van der Waals surface area contributed by atoms with Gasteiger partial charge in [0, 0.05) is 0 Å². The summed E-state index contributed by atoms with van der Waals surface area (Å²) in [6.45, 7) is 6.55. The van der Waals surface area contributed by atoms with Gasteiger partial charge in [-0.25, -0.2) is 4.79 Å². The van der Waals surface area contributed by atoms with Gasteiger partial charge in [0.15, 0.2) is 0 Å². The molecule has 1 aliphatic heterocycles. The van der Waals surface area contributed by atoms with E-state index < -0.39 is 5.69 Å². The van der Waals surface area contributed by atoms with E-state index in [4.69, 9.17) is 0 Å². The fourth-order valence-corrected chi connectivity index (χ4v) is 4.09. The number of likely N-dealkylation sites (N-methyl/N-ethyl adjacent to an activating group) is 1. The van der Waals surface area contributed by atoms with Crippen LogP contribution in [0.25, 0.3) is 10.9 Å². The van der Waals surface area contributed by atoms with Crippen LogP contribution in [0, 0.1) is 0 Å². The first kappa shape index (κ1) is 20.1. The number of hydrogen-bond donors (Lipinski definition) is 1. The van der Waals surface area contributed by atoms with Crippen LogP contribution in [-0.2, 0) is 17.9 Å². The minimum atomic E-state index is -0.450. The van der Waals surface area contributed by atoms with Crippen molar-refractivity contribution >= 4 is 16.8 Å². The van der Waals surface area contributed by atoms with Crippen molar-refractivity contribution < 1.29 is 9.69 Å². The van der Waals surface area contributed by atoms with E-state index in [2.05, 4.69) is 6.92 Å². The molecule has 30 heavy (non-hydrogen) atoms. The second-order valence-corrected chi connectivity index (χ2v) is 7.75. The number of fused-ring (bicyclic) bond motifs is 1. The van der Waals surface area contributed by atoms with E-state index in [1.807, 2.05) is 35.2 Å². The normalized spacial score (nSPS) is 14.9. The van der Waals surface area contributed by atoms with E-state index in [-0.39, 0.29) is 24.6 Å². The smallest absolute Gasteiger partial charge is 0.332 e. The zero-order chi connectivity index (χ0) is 21.1. The number of quaternary nitrogens is 1. The van der Waals surface area contributed by atoms with Crippen LogP contribution in [0.5, 0.6) is 0 Å². The molecule has 1 saturated heterocycles. The second-order valence-electron chi connectivity index (χ2n) is 7.75. The summed E-state index contributed by atoms with van der Waals surface area (Å²) in [5.41, 5.74) is 0.587. The molecule has 7 nitrogen and oxygen atoms in total. The highest BCUT2D eigenvalue weighted by Crippen LogP contribution is 2.09. The van der Waals surface area contributed by atoms with E-state index in [0.29, 0.717) is 24.0 Å². The fraction of sp³-hybridized carbons (Fsp3) is 0.348. The molecule has 0 saturated carbocycles. The minimum absolute atomic E-state index is 0.0596. The van der Waals surface area contributed by atoms with Gasteiger partial charge in [-0.15, -0.1) is 0 Å². The highest BCUT2D eigenvalue weighted by molar-refractivity contribution is 5.81. The lowest BCUT2D eigenvalue weighted by atomic mass is 10.2. The molecule has 0 bridgehead atoms. The van der Waals surface area contributed by atoms with Crippen molar-refractivity contribution in [1.82, 2.24) is 14.0 Å². The quantitative estimate of drug-likeness (QED) is 0.645. The molecule has 1 aliphatic rings. The van der Waals surface area contributed by atoms with Gasteiger partial charge in [0.1, 0.15) is 6.54 Å². The minimum Gasteiger partial charge on any atom is -0.332 e. The highest BCUT2D eigenvalue weighted by Gasteiger charge is 2.24. The van der Waals surface area contributed by atoms with Crippen LogP contribution < -0.4 is 16.1 Å². The largest absolute Gasteiger partial charge is 0.332 e. The third-order valence-electron chi connectivity index (χ3n) is 5.93. The van der Waals surface area contributed by atoms with Gasteiger partial charge in [0.05, 0.1) is 50.2 Å². The van der Waals surface area contributed by atoms with Crippen molar-refractivity contribution in [2.24, 2.45) is 0 Å². The van der Waals surface area contributed by atoms with Crippen molar-refractivity contribution in [2.75, 3.05) is 32.7 Å². The average molecular weight is 407 g/mol. The maximum absolute atomic E-state index is 13.3. The van der Waals surface area contributed by atoms with Crippen LogP contribution in [0.4, 0.5) is 0 Å². The summed E-state index contributed by atoms with van der Waals surface area (Å²) in [7, 11) is 0. The molecule has 0 aliphatic carbocycles. The van der Waals surface area contributed by atoms with E-state index in [1.165, 1.54) is 14.0 Å². The van der Waals surface area contributed by atoms with Gasteiger partial charge in [0.25, 0.3) is 5.56 Å². The zero-order valence-electron chi connectivity index (χ0n) is 17.2. The number of amides is 1. The summed E-state index contributed by atoms with van der Waals surface area (Å²) in [4.78, 5) is 42.6. The van der Waals surface area contributed by atoms with Crippen molar-refractivity contribution in [3.8, 4) is 0 Å². The first-order valence-corrected chi connectivity index (χ1v) is 10.5. The molecular formula is C23H27N4O3+. The molecule has 156 valence electrons. The lowest BCUT2D eigenvalue weighted by Crippen LogP contribution is -3.14. The SMILES string of the molecule is CC[NH+]1CCN(C(=O)Cn2c(=O)n(Cc3ccccc3)c(=O)c3ccccc32)CC1. The van der Waals surface area contributed by atoms with Crippen LogP contribution in [0.3, 0.4) is 0 Å². The number of para-hydroxylation sites is 1. The van der Waals surface area contributed by atoms with E-state index >= 15 is 0 Å². The molecule has 0 spiro atoms. The van der Waals surface area contributed by atoms with Gasteiger partial charge in [0.2, 0.25) is 5.91 Å². The molecule has 1 aromatic heterocycles. The molecule has 0 atom stereocenters. The topological polar surface area (TPSA) is 68.8 Å². The average Bonchev–Trinajstić information content (AvgIpc) is 2.80. The monoisotopic (exact) mass is 407 g/mol. The molecule has 0 radical (unpaired) electrons. The zero-order valence-corrected chi connectivity index (χ0v) is 17.2. The van der Waals surface area contributed by atoms with Gasteiger partial charge >= 0.3 is 5.69 Å². The Morgan fingerprint density at radius 1 is 0.933 bits per heavy atom. The third kappa shape index (κ3) is 3.93. The summed E-state index contributed by atoms with van der Waals surface area (Å²) in [6, 6.07) is 16.4. The molecular weight excluding hydrogens is 380 g/mol. The lowest BCUT2D eigenvalue weighted by Gasteiger charge is -2.31. The lowest BCUT2D eigenvalue weighted by molar-refractivity contribution is -0.902. The predicted molar refractivity (Wildman–Crippen MR) is 116 cm³/mol. The first-order chi connectivity index (χ1) is 14.6. The van der Waals surface area contributed by atoms with Crippen molar-refractivity contribution in [3.05, 3.63) is 81.0 Å². The van der Waals surface area contributed by atoms with E-state index in [1.54, 1.807) is 24.3 Å². The number of rotatable bonds is 5. The Balaban J connectivity index is 1.71. The number of piperazine rings is 1. The van der Waals surface area contributed by atoms with Crippen LogP contribution in [-0.4, -0.2) is 52.7 Å². The Morgan fingerprint density at radius 2 is 1.60 bits per heavy atom. The fourth-order valence-electron chi connectivity index (χ4n) is 4.09. The third-order valence-corrected chi connectivity index (χ3v) is 5.93. The molecule has 1 amide bonds. The number of carbonyl (C=O) groups excluding carboxylic acids is 1.